The standard InChI is InChI=1S/C21H25NO4/c1-21(24)17(18(22-2)8-5-12-25-13-11-23)14-26-19-10-9-15-6-3-4-7-16(15)20(19)21/h4-5,7,9-10,12,14,18,23-24H,2-3,6,8,11,13H2,1H3/b12-5+. The SMILES string of the molecule is C=NC(C/C=C/OCCO)C1=COc2ccc3c(c2C1(C)O)C=CCC3. The predicted molar refractivity (Wildman–Crippen MR) is 102 cm³/mol. The molecule has 5 nitrogen and oxygen atoms in total. The third kappa shape index (κ3) is 3.45. The molecule has 0 aromatic heterocycles. The number of aliphatic hydroxyl groups excluding tert-OH is 1. The van der Waals surface area contributed by atoms with Crippen molar-refractivity contribution in [3.8, 4) is 5.75 Å². The van der Waals surface area contributed by atoms with E-state index in [2.05, 4.69) is 29.9 Å². The van der Waals surface area contributed by atoms with E-state index in [4.69, 9.17) is 14.6 Å². The van der Waals surface area contributed by atoms with Crippen LogP contribution in [0.3, 0.4) is 0 Å². The first-order chi connectivity index (χ1) is 12.6. The third-order valence-corrected chi connectivity index (χ3v) is 4.86. The lowest BCUT2D eigenvalue weighted by Crippen LogP contribution is -2.35. The molecule has 138 valence electrons. The first-order valence-corrected chi connectivity index (χ1v) is 8.85. The smallest absolute Gasteiger partial charge is 0.133 e. The number of ether oxygens (including phenoxy) is 2. The molecule has 1 aromatic carbocycles. The summed E-state index contributed by atoms with van der Waals surface area (Å²) in [5, 5.41) is 20.2. The van der Waals surface area contributed by atoms with E-state index in [1.54, 1.807) is 13.2 Å². The summed E-state index contributed by atoms with van der Waals surface area (Å²) in [6.45, 7) is 5.68. The van der Waals surface area contributed by atoms with E-state index in [0.717, 1.165) is 24.0 Å². The first kappa shape index (κ1) is 18.4. The average molecular weight is 355 g/mol. The molecule has 2 atom stereocenters. The van der Waals surface area contributed by atoms with Crippen molar-refractivity contribution in [1.82, 2.24) is 0 Å². The molecule has 3 rings (SSSR count). The van der Waals surface area contributed by atoms with Crippen LogP contribution < -0.4 is 4.74 Å². The van der Waals surface area contributed by atoms with E-state index >= 15 is 0 Å². The van der Waals surface area contributed by atoms with Crippen LogP contribution in [-0.2, 0) is 16.8 Å². The molecule has 0 saturated heterocycles. The van der Waals surface area contributed by atoms with Crippen LogP contribution in [-0.4, -0.2) is 36.2 Å². The van der Waals surface area contributed by atoms with Crippen LogP contribution in [0.15, 0.2) is 47.4 Å². The van der Waals surface area contributed by atoms with Gasteiger partial charge in [0.2, 0.25) is 0 Å². The average Bonchev–Trinajstić information content (AvgIpc) is 2.65. The van der Waals surface area contributed by atoms with Crippen LogP contribution in [0.25, 0.3) is 6.08 Å². The van der Waals surface area contributed by atoms with Gasteiger partial charge in [-0.15, -0.1) is 0 Å². The van der Waals surface area contributed by atoms with Gasteiger partial charge in [-0.1, -0.05) is 18.2 Å². The molecule has 1 aromatic rings. The molecular weight excluding hydrogens is 330 g/mol. The molecule has 1 aliphatic carbocycles. The summed E-state index contributed by atoms with van der Waals surface area (Å²) in [7, 11) is 0. The van der Waals surface area contributed by atoms with Gasteiger partial charge in [-0.25, -0.2) is 0 Å². The summed E-state index contributed by atoms with van der Waals surface area (Å²) < 4.78 is 11.0. The molecule has 0 spiro atoms. The minimum atomic E-state index is -1.20. The van der Waals surface area contributed by atoms with Crippen molar-refractivity contribution >= 4 is 12.8 Å². The van der Waals surface area contributed by atoms with E-state index in [9.17, 15) is 5.11 Å². The Morgan fingerprint density at radius 1 is 1.46 bits per heavy atom. The monoisotopic (exact) mass is 355 g/mol. The van der Waals surface area contributed by atoms with Gasteiger partial charge in [0.05, 0.1) is 25.2 Å². The zero-order valence-electron chi connectivity index (χ0n) is 15.0. The topological polar surface area (TPSA) is 71.3 Å². The van der Waals surface area contributed by atoms with Gasteiger partial charge in [-0.2, -0.15) is 0 Å². The predicted octanol–water partition coefficient (Wildman–Crippen LogP) is 3.11. The van der Waals surface area contributed by atoms with Gasteiger partial charge in [0.25, 0.3) is 0 Å². The van der Waals surface area contributed by atoms with Crippen molar-refractivity contribution < 1.29 is 19.7 Å². The van der Waals surface area contributed by atoms with Crippen LogP contribution in [0.1, 0.15) is 36.5 Å². The number of rotatable bonds is 7. The van der Waals surface area contributed by atoms with Crippen LogP contribution in [0.4, 0.5) is 0 Å². The third-order valence-electron chi connectivity index (χ3n) is 4.86. The van der Waals surface area contributed by atoms with Gasteiger partial charge in [0.1, 0.15) is 18.0 Å². The van der Waals surface area contributed by atoms with E-state index in [-0.39, 0.29) is 19.3 Å². The fourth-order valence-corrected chi connectivity index (χ4v) is 3.55. The lowest BCUT2D eigenvalue weighted by Gasteiger charge is -2.36. The molecule has 2 N–H and O–H groups in total. The van der Waals surface area contributed by atoms with Crippen LogP contribution >= 0.6 is 0 Å². The van der Waals surface area contributed by atoms with Crippen molar-refractivity contribution in [3.63, 3.8) is 0 Å². The van der Waals surface area contributed by atoms with Crippen molar-refractivity contribution in [3.05, 3.63) is 59.1 Å². The Balaban J connectivity index is 1.89. The highest BCUT2D eigenvalue weighted by atomic mass is 16.5. The molecule has 5 heteroatoms. The molecule has 0 bridgehead atoms. The number of hydrogen-bond donors (Lipinski definition) is 2. The number of benzene rings is 1. The molecule has 2 aliphatic rings. The second-order valence-corrected chi connectivity index (χ2v) is 6.62. The van der Waals surface area contributed by atoms with Crippen LogP contribution in [0.2, 0.25) is 0 Å². The lowest BCUT2D eigenvalue weighted by molar-refractivity contribution is 0.0785. The Bertz CT molecular complexity index is 762. The summed E-state index contributed by atoms with van der Waals surface area (Å²) in [6, 6.07) is 3.65. The quantitative estimate of drug-likeness (QED) is 0.448. The maximum Gasteiger partial charge on any atom is 0.133 e. The van der Waals surface area contributed by atoms with Crippen molar-refractivity contribution in [1.29, 1.82) is 0 Å². The van der Waals surface area contributed by atoms with E-state index in [1.165, 1.54) is 11.8 Å². The zero-order chi connectivity index (χ0) is 18.6. The number of hydrogen-bond acceptors (Lipinski definition) is 5. The molecular formula is C21H25NO4. The Morgan fingerprint density at radius 2 is 2.31 bits per heavy atom. The number of fused-ring (bicyclic) bond motifs is 3. The molecule has 0 fully saturated rings. The summed E-state index contributed by atoms with van der Waals surface area (Å²) in [6.07, 6.45) is 11.6. The fraction of sp³-hybridized carbons (Fsp3) is 0.381. The van der Waals surface area contributed by atoms with E-state index < -0.39 is 5.60 Å². The number of nitrogens with zero attached hydrogens (tertiary/aromatic N) is 1. The summed E-state index contributed by atoms with van der Waals surface area (Å²) in [5.41, 5.74) is 2.51. The highest BCUT2D eigenvalue weighted by Crippen LogP contribution is 2.45. The Hall–Kier alpha value is -2.37. The summed E-state index contributed by atoms with van der Waals surface area (Å²) in [5.74, 6) is 0.675. The van der Waals surface area contributed by atoms with Crippen molar-refractivity contribution in [2.75, 3.05) is 13.2 Å². The van der Waals surface area contributed by atoms with Crippen molar-refractivity contribution in [2.24, 2.45) is 4.99 Å². The summed E-state index contributed by atoms with van der Waals surface area (Å²) in [4.78, 5) is 4.18. The van der Waals surface area contributed by atoms with Crippen LogP contribution in [0.5, 0.6) is 5.75 Å². The molecule has 26 heavy (non-hydrogen) atoms. The lowest BCUT2D eigenvalue weighted by atomic mass is 9.77. The normalized spacial score (nSPS) is 22.2. The van der Waals surface area contributed by atoms with E-state index in [0.29, 0.717) is 17.7 Å². The first-order valence-electron chi connectivity index (χ1n) is 8.85. The number of aliphatic imine (C=N–C) groups is 1. The maximum absolute atomic E-state index is 11.4. The van der Waals surface area contributed by atoms with Crippen LogP contribution in [0, 0.1) is 0 Å². The number of aryl methyl sites for hydroxylation is 1. The largest absolute Gasteiger partial charge is 0.499 e. The van der Waals surface area contributed by atoms with Gasteiger partial charge < -0.3 is 19.7 Å². The molecule has 0 amide bonds. The van der Waals surface area contributed by atoms with Gasteiger partial charge in [-0.3, -0.25) is 4.99 Å². The van der Waals surface area contributed by atoms with Crippen molar-refractivity contribution in [2.45, 2.75) is 37.8 Å². The van der Waals surface area contributed by atoms with Gasteiger partial charge in [0, 0.05) is 11.1 Å². The molecule has 2 unspecified atom stereocenters. The number of aliphatic hydroxyl groups is 2. The Morgan fingerprint density at radius 3 is 3.08 bits per heavy atom. The Labute approximate surface area is 154 Å². The summed E-state index contributed by atoms with van der Waals surface area (Å²) >= 11 is 0. The van der Waals surface area contributed by atoms with Gasteiger partial charge in [0.15, 0.2) is 0 Å². The molecule has 1 aliphatic heterocycles. The minimum absolute atomic E-state index is 0.0312. The second-order valence-electron chi connectivity index (χ2n) is 6.62. The molecule has 0 radical (unpaired) electrons. The fourth-order valence-electron chi connectivity index (χ4n) is 3.55. The Kier molecular flexibility index (Phi) is 5.59. The second kappa shape index (κ2) is 7.89. The zero-order valence-corrected chi connectivity index (χ0v) is 15.0. The molecule has 0 saturated carbocycles. The maximum atomic E-state index is 11.4. The van der Waals surface area contributed by atoms with E-state index in [1.807, 2.05) is 12.1 Å². The number of allylic oxidation sites excluding steroid dienone is 1. The van der Waals surface area contributed by atoms with Gasteiger partial charge >= 0.3 is 0 Å². The van der Waals surface area contributed by atoms with Gasteiger partial charge in [-0.05, 0) is 56.2 Å². The highest BCUT2D eigenvalue weighted by molar-refractivity contribution is 5.67. The highest BCUT2D eigenvalue weighted by Gasteiger charge is 2.40. The minimum Gasteiger partial charge on any atom is -0.499 e. The molecule has 1 heterocycles.